The van der Waals surface area contributed by atoms with Crippen LogP contribution in [0.3, 0.4) is 0 Å². The maximum absolute atomic E-state index is 9.81. The molecular weight excluding hydrogens is 154 g/mol. The zero-order valence-corrected chi connectivity index (χ0v) is 6.16. The highest BCUT2D eigenvalue weighted by Crippen LogP contribution is 1.82. The van der Waals surface area contributed by atoms with Gasteiger partial charge in [0, 0.05) is 14.1 Å². The molecule has 0 spiro atoms. The summed E-state index contributed by atoms with van der Waals surface area (Å²) in [6.45, 7) is 0. The van der Waals surface area contributed by atoms with Gasteiger partial charge in [-0.25, -0.2) is 0 Å². The molecule has 6 heteroatoms. The van der Waals surface area contributed by atoms with Gasteiger partial charge in [0.2, 0.25) is 0 Å². The Balaban J connectivity index is 0. The normalized spacial score (nSPS) is 11.0. The number of hydrogen-bond acceptors (Lipinski definition) is 2. The second-order valence-corrected chi connectivity index (χ2v) is 2.89. The highest BCUT2D eigenvalue weighted by molar-refractivity contribution is 7.83. The number of halogens is 1. The van der Waals surface area contributed by atoms with Gasteiger partial charge in [0.05, 0.1) is 0 Å². The molecular formula is C2H8ClNO3S. The van der Waals surface area contributed by atoms with Crippen molar-refractivity contribution in [3.05, 3.63) is 0 Å². The fourth-order valence-electron chi connectivity index (χ4n) is 0. The highest BCUT2D eigenvalue weighted by Gasteiger charge is 2.03. The summed E-state index contributed by atoms with van der Waals surface area (Å²) >= 11 is 0. The summed E-state index contributed by atoms with van der Waals surface area (Å²) in [6, 6.07) is 0. The van der Waals surface area contributed by atoms with Crippen molar-refractivity contribution in [1.29, 1.82) is 0 Å². The minimum Gasteiger partial charge on any atom is -0.273 e. The molecule has 0 amide bonds. The molecule has 0 aliphatic heterocycles. The van der Waals surface area contributed by atoms with Crippen molar-refractivity contribution in [1.82, 2.24) is 4.31 Å². The lowest BCUT2D eigenvalue weighted by atomic mass is 11.3. The Morgan fingerprint density at radius 1 is 1.38 bits per heavy atom. The zero-order valence-electron chi connectivity index (χ0n) is 4.53. The summed E-state index contributed by atoms with van der Waals surface area (Å²) in [5, 5.41) is 0. The number of nitrogens with zero attached hydrogens (tertiary/aromatic N) is 1. The van der Waals surface area contributed by atoms with Crippen LogP contribution in [-0.2, 0) is 10.3 Å². The average molecular weight is 162 g/mol. The lowest BCUT2D eigenvalue weighted by Gasteiger charge is -2.00. The summed E-state index contributed by atoms with van der Waals surface area (Å²) < 4.78 is 28.3. The maximum atomic E-state index is 9.81. The SMILES string of the molecule is CN(C)S(=O)(=O)O.Cl. The highest BCUT2D eigenvalue weighted by atomic mass is 35.5. The lowest BCUT2D eigenvalue weighted by molar-refractivity contribution is 0.416. The van der Waals surface area contributed by atoms with Crippen LogP contribution < -0.4 is 0 Å². The van der Waals surface area contributed by atoms with Crippen molar-refractivity contribution in [3.63, 3.8) is 0 Å². The molecule has 0 unspecified atom stereocenters. The summed E-state index contributed by atoms with van der Waals surface area (Å²) in [6.07, 6.45) is 0. The Kier molecular flexibility index (Phi) is 4.46. The Hall–Kier alpha value is 0.160. The van der Waals surface area contributed by atoms with Crippen molar-refractivity contribution in [3.8, 4) is 0 Å². The van der Waals surface area contributed by atoms with E-state index in [1.807, 2.05) is 0 Å². The van der Waals surface area contributed by atoms with Crippen LogP contribution in [0.4, 0.5) is 0 Å². The van der Waals surface area contributed by atoms with Crippen LogP contribution in [0.1, 0.15) is 0 Å². The molecule has 0 saturated carbocycles. The molecule has 0 heterocycles. The Bertz CT molecular complexity index is 139. The van der Waals surface area contributed by atoms with E-state index in [1.165, 1.54) is 14.1 Å². The van der Waals surface area contributed by atoms with Gasteiger partial charge < -0.3 is 0 Å². The molecule has 0 aromatic rings. The predicted octanol–water partition coefficient (Wildman–Crippen LogP) is -0.227. The van der Waals surface area contributed by atoms with Crippen LogP contribution in [0.2, 0.25) is 0 Å². The van der Waals surface area contributed by atoms with Gasteiger partial charge in [-0.1, -0.05) is 0 Å². The third-order valence-corrected chi connectivity index (χ3v) is 1.38. The summed E-state index contributed by atoms with van der Waals surface area (Å²) in [7, 11) is -1.42. The van der Waals surface area contributed by atoms with Crippen molar-refractivity contribution < 1.29 is 13.0 Å². The van der Waals surface area contributed by atoms with Crippen LogP contribution in [0, 0.1) is 0 Å². The van der Waals surface area contributed by atoms with Gasteiger partial charge in [-0.15, -0.1) is 12.4 Å². The smallest absolute Gasteiger partial charge is 0.273 e. The number of rotatable bonds is 1. The second-order valence-electron chi connectivity index (χ2n) is 1.26. The summed E-state index contributed by atoms with van der Waals surface area (Å²) in [5.74, 6) is 0. The first kappa shape index (κ1) is 11.0. The maximum Gasteiger partial charge on any atom is 0.335 e. The van der Waals surface area contributed by atoms with Crippen molar-refractivity contribution in [2.24, 2.45) is 0 Å². The van der Waals surface area contributed by atoms with E-state index < -0.39 is 10.3 Å². The van der Waals surface area contributed by atoms with Crippen LogP contribution in [0.15, 0.2) is 0 Å². The molecule has 0 aliphatic rings. The Labute approximate surface area is 54.8 Å². The fourth-order valence-corrected chi connectivity index (χ4v) is 0. The number of hydrogen-bond donors (Lipinski definition) is 1. The van der Waals surface area contributed by atoms with E-state index in [2.05, 4.69) is 0 Å². The average Bonchev–Trinajstić information content (AvgIpc) is 1.31. The van der Waals surface area contributed by atoms with E-state index in [9.17, 15) is 8.42 Å². The Morgan fingerprint density at radius 2 is 1.50 bits per heavy atom. The quantitative estimate of drug-likeness (QED) is 0.541. The van der Waals surface area contributed by atoms with Crippen LogP contribution in [0.5, 0.6) is 0 Å². The first-order valence-electron chi connectivity index (χ1n) is 1.59. The van der Waals surface area contributed by atoms with Gasteiger partial charge in [0.15, 0.2) is 0 Å². The molecule has 52 valence electrons. The van der Waals surface area contributed by atoms with E-state index in [4.69, 9.17) is 4.55 Å². The third kappa shape index (κ3) is 4.32. The first-order valence-corrected chi connectivity index (χ1v) is 2.99. The molecule has 0 aromatic carbocycles. The molecule has 0 radical (unpaired) electrons. The molecule has 8 heavy (non-hydrogen) atoms. The van der Waals surface area contributed by atoms with Gasteiger partial charge in [-0.2, -0.15) is 12.7 Å². The van der Waals surface area contributed by atoms with Gasteiger partial charge in [0.1, 0.15) is 0 Å². The third-order valence-electron chi connectivity index (χ3n) is 0.461. The van der Waals surface area contributed by atoms with E-state index >= 15 is 0 Å². The molecule has 0 saturated heterocycles. The molecule has 1 N–H and O–H groups in total. The first-order chi connectivity index (χ1) is 2.94. The van der Waals surface area contributed by atoms with Gasteiger partial charge >= 0.3 is 10.3 Å². The minimum atomic E-state index is -3.91. The lowest BCUT2D eigenvalue weighted by Crippen LogP contribution is -2.20. The van der Waals surface area contributed by atoms with Crippen LogP contribution in [-0.4, -0.2) is 31.4 Å². The predicted molar refractivity (Wildman–Crippen MR) is 32.5 cm³/mol. The largest absolute Gasteiger partial charge is 0.335 e. The molecule has 0 aromatic heterocycles. The second kappa shape index (κ2) is 3.24. The van der Waals surface area contributed by atoms with Gasteiger partial charge in [-0.3, -0.25) is 4.55 Å². The van der Waals surface area contributed by atoms with Crippen LogP contribution in [0.25, 0.3) is 0 Å². The Morgan fingerprint density at radius 3 is 1.50 bits per heavy atom. The van der Waals surface area contributed by atoms with E-state index in [0.717, 1.165) is 0 Å². The topological polar surface area (TPSA) is 57.6 Å². The van der Waals surface area contributed by atoms with Crippen molar-refractivity contribution >= 4 is 22.7 Å². The van der Waals surface area contributed by atoms with Crippen molar-refractivity contribution in [2.75, 3.05) is 14.1 Å². The van der Waals surface area contributed by atoms with E-state index in [-0.39, 0.29) is 12.4 Å². The molecule has 0 fully saturated rings. The van der Waals surface area contributed by atoms with E-state index in [1.54, 1.807) is 0 Å². The van der Waals surface area contributed by atoms with Crippen molar-refractivity contribution in [2.45, 2.75) is 0 Å². The molecule has 0 aliphatic carbocycles. The summed E-state index contributed by atoms with van der Waals surface area (Å²) in [4.78, 5) is 0. The zero-order chi connectivity index (χ0) is 6.08. The molecule has 0 atom stereocenters. The van der Waals surface area contributed by atoms with Crippen LogP contribution >= 0.6 is 12.4 Å². The van der Waals surface area contributed by atoms with E-state index in [0.29, 0.717) is 4.31 Å². The minimum absolute atomic E-state index is 0. The standard InChI is InChI=1S/C2H7NO3S.ClH/c1-3(2)7(4,5)6;/h1-2H3,(H,4,5,6);1H. The molecule has 4 nitrogen and oxygen atoms in total. The molecule has 0 rings (SSSR count). The molecule has 0 bridgehead atoms. The monoisotopic (exact) mass is 161 g/mol. The fraction of sp³-hybridized carbons (Fsp3) is 1.00. The van der Waals surface area contributed by atoms with Gasteiger partial charge in [0.25, 0.3) is 0 Å². The summed E-state index contributed by atoms with van der Waals surface area (Å²) in [5.41, 5.74) is 0. The van der Waals surface area contributed by atoms with Gasteiger partial charge in [-0.05, 0) is 0 Å².